The van der Waals surface area contributed by atoms with Crippen molar-refractivity contribution in [2.24, 2.45) is 10.9 Å². The number of nitrogens with zero attached hydrogens (tertiary/aromatic N) is 2. The van der Waals surface area contributed by atoms with Crippen LogP contribution in [-0.4, -0.2) is 63.9 Å². The van der Waals surface area contributed by atoms with Crippen molar-refractivity contribution in [3.8, 4) is 5.75 Å². The zero-order valence-electron chi connectivity index (χ0n) is 18.5. The molecule has 0 spiro atoms. The van der Waals surface area contributed by atoms with Crippen LogP contribution in [0.25, 0.3) is 0 Å². The largest absolute Gasteiger partial charge is 0.491 e. The molecule has 2 N–H and O–H groups in total. The number of piperidine rings is 1. The molecule has 1 aliphatic heterocycles. The highest BCUT2D eigenvalue weighted by molar-refractivity contribution is 14.0. The van der Waals surface area contributed by atoms with E-state index in [1.807, 2.05) is 14.0 Å². The maximum atomic E-state index is 5.92. The quantitative estimate of drug-likeness (QED) is 0.215. The van der Waals surface area contributed by atoms with Crippen LogP contribution in [-0.2, 0) is 11.3 Å². The van der Waals surface area contributed by atoms with E-state index >= 15 is 0 Å². The van der Waals surface area contributed by atoms with E-state index < -0.39 is 0 Å². The molecule has 166 valence electrons. The molecule has 6 nitrogen and oxygen atoms in total. The molecular formula is C22H39IN4O2. The van der Waals surface area contributed by atoms with Crippen LogP contribution >= 0.6 is 24.0 Å². The summed E-state index contributed by atoms with van der Waals surface area (Å²) < 4.78 is 11.3. The van der Waals surface area contributed by atoms with E-state index in [0.29, 0.717) is 26.4 Å². The Hall–Kier alpha value is -1.06. The molecule has 7 heteroatoms. The molecule has 1 heterocycles. The summed E-state index contributed by atoms with van der Waals surface area (Å²) in [5, 5.41) is 6.83. The van der Waals surface area contributed by atoms with Crippen molar-refractivity contribution in [3.63, 3.8) is 0 Å². The van der Waals surface area contributed by atoms with Crippen molar-refractivity contribution in [2.45, 2.75) is 40.2 Å². The van der Waals surface area contributed by atoms with Gasteiger partial charge in [-0.25, -0.2) is 0 Å². The molecule has 1 unspecified atom stereocenters. The average molecular weight is 518 g/mol. The number of benzene rings is 1. The minimum Gasteiger partial charge on any atom is -0.491 e. The second kappa shape index (κ2) is 14.8. The molecule has 1 atom stereocenters. The maximum absolute atomic E-state index is 5.92. The van der Waals surface area contributed by atoms with Crippen LogP contribution in [0.15, 0.2) is 23.2 Å². The third kappa shape index (κ3) is 10.00. The molecule has 0 bridgehead atoms. The van der Waals surface area contributed by atoms with Crippen molar-refractivity contribution in [3.05, 3.63) is 29.3 Å². The van der Waals surface area contributed by atoms with E-state index in [1.54, 1.807) is 0 Å². The van der Waals surface area contributed by atoms with Gasteiger partial charge in [0.15, 0.2) is 5.96 Å². The number of nitrogens with one attached hydrogen (secondary N) is 2. The van der Waals surface area contributed by atoms with Gasteiger partial charge in [-0.15, -0.1) is 24.0 Å². The summed E-state index contributed by atoms with van der Waals surface area (Å²) in [6.45, 7) is 13.3. The summed E-state index contributed by atoms with van der Waals surface area (Å²) in [5.74, 6) is 2.55. The first-order chi connectivity index (χ1) is 13.6. The number of aliphatic imine (C=N–C) groups is 1. The number of ether oxygens (including phenoxy) is 2. The fraction of sp³-hybridized carbons (Fsp3) is 0.682. The second-order valence-electron chi connectivity index (χ2n) is 7.56. The van der Waals surface area contributed by atoms with E-state index in [-0.39, 0.29) is 24.0 Å². The Morgan fingerprint density at radius 2 is 2.10 bits per heavy atom. The summed E-state index contributed by atoms with van der Waals surface area (Å²) in [6, 6.07) is 6.30. The summed E-state index contributed by atoms with van der Waals surface area (Å²) >= 11 is 0. The zero-order chi connectivity index (χ0) is 20.2. The third-order valence-electron chi connectivity index (χ3n) is 5.04. The molecule has 1 fully saturated rings. The fourth-order valence-electron chi connectivity index (χ4n) is 3.52. The van der Waals surface area contributed by atoms with Gasteiger partial charge in [0.1, 0.15) is 12.4 Å². The molecule has 0 aromatic heterocycles. The van der Waals surface area contributed by atoms with E-state index in [1.165, 1.54) is 31.5 Å². The Labute approximate surface area is 193 Å². The Kier molecular flexibility index (Phi) is 13.3. The molecule has 0 saturated carbocycles. The van der Waals surface area contributed by atoms with Gasteiger partial charge in [0.2, 0.25) is 0 Å². The Morgan fingerprint density at radius 3 is 2.83 bits per heavy atom. The van der Waals surface area contributed by atoms with Crippen LogP contribution in [0.4, 0.5) is 0 Å². The lowest BCUT2D eigenvalue weighted by molar-refractivity contribution is 0.110. The predicted octanol–water partition coefficient (Wildman–Crippen LogP) is 3.43. The van der Waals surface area contributed by atoms with Crippen LogP contribution < -0.4 is 15.4 Å². The molecule has 0 amide bonds. The van der Waals surface area contributed by atoms with Gasteiger partial charge in [-0.1, -0.05) is 19.1 Å². The molecule has 29 heavy (non-hydrogen) atoms. The molecule has 0 radical (unpaired) electrons. The fourth-order valence-corrected chi connectivity index (χ4v) is 3.52. The molecule has 0 aliphatic carbocycles. The highest BCUT2D eigenvalue weighted by Gasteiger charge is 2.15. The predicted molar refractivity (Wildman–Crippen MR) is 132 cm³/mol. The third-order valence-corrected chi connectivity index (χ3v) is 5.04. The van der Waals surface area contributed by atoms with E-state index in [0.717, 1.165) is 36.3 Å². The lowest BCUT2D eigenvalue weighted by Crippen LogP contribution is -2.43. The van der Waals surface area contributed by atoms with Crippen LogP contribution in [0.5, 0.6) is 5.75 Å². The van der Waals surface area contributed by atoms with Gasteiger partial charge < -0.3 is 25.0 Å². The van der Waals surface area contributed by atoms with Crippen LogP contribution in [0, 0.1) is 12.8 Å². The summed E-state index contributed by atoms with van der Waals surface area (Å²) in [6.07, 6.45) is 2.67. The SMILES string of the molecule is CCOCCOc1cc(C)ccc1CNC(=NC)NCCN1CCCC(C)C1.I. The summed E-state index contributed by atoms with van der Waals surface area (Å²) in [7, 11) is 1.81. The number of rotatable bonds is 10. The number of hydrogen-bond acceptors (Lipinski definition) is 4. The van der Waals surface area contributed by atoms with Gasteiger partial charge in [0.05, 0.1) is 6.61 Å². The lowest BCUT2D eigenvalue weighted by atomic mass is 10.0. The monoisotopic (exact) mass is 518 g/mol. The lowest BCUT2D eigenvalue weighted by Gasteiger charge is -2.30. The van der Waals surface area contributed by atoms with Gasteiger partial charge >= 0.3 is 0 Å². The van der Waals surface area contributed by atoms with E-state index in [9.17, 15) is 0 Å². The smallest absolute Gasteiger partial charge is 0.191 e. The molecule has 1 saturated heterocycles. The molecule has 1 aliphatic rings. The van der Waals surface area contributed by atoms with Crippen molar-refractivity contribution >= 4 is 29.9 Å². The van der Waals surface area contributed by atoms with Crippen molar-refractivity contribution in [1.82, 2.24) is 15.5 Å². The highest BCUT2D eigenvalue weighted by Crippen LogP contribution is 2.20. The number of aryl methyl sites for hydroxylation is 1. The number of halogens is 1. The first-order valence-electron chi connectivity index (χ1n) is 10.6. The minimum atomic E-state index is 0. The standard InChI is InChI=1S/C22H38N4O2.HI/c1-5-27-13-14-28-21-15-18(2)8-9-20(21)16-25-22(23-4)24-10-12-26-11-6-7-19(3)17-26;/h8-9,15,19H,5-7,10-14,16-17H2,1-4H3,(H2,23,24,25);1H. The van der Waals surface area contributed by atoms with E-state index in [4.69, 9.17) is 9.47 Å². The van der Waals surface area contributed by atoms with Crippen LogP contribution in [0.3, 0.4) is 0 Å². The van der Waals surface area contributed by atoms with Gasteiger partial charge in [-0.2, -0.15) is 0 Å². The zero-order valence-corrected chi connectivity index (χ0v) is 20.8. The number of hydrogen-bond donors (Lipinski definition) is 2. The molecule has 1 aromatic carbocycles. The summed E-state index contributed by atoms with van der Waals surface area (Å²) in [5.41, 5.74) is 2.31. The maximum Gasteiger partial charge on any atom is 0.191 e. The average Bonchev–Trinajstić information content (AvgIpc) is 2.69. The van der Waals surface area contributed by atoms with Crippen LogP contribution in [0.1, 0.15) is 37.8 Å². The molecular weight excluding hydrogens is 479 g/mol. The van der Waals surface area contributed by atoms with Crippen LogP contribution in [0.2, 0.25) is 0 Å². The van der Waals surface area contributed by atoms with Crippen molar-refractivity contribution in [2.75, 3.05) is 53.0 Å². The first-order valence-corrected chi connectivity index (χ1v) is 10.6. The van der Waals surface area contributed by atoms with Gasteiger partial charge in [0.25, 0.3) is 0 Å². The highest BCUT2D eigenvalue weighted by atomic mass is 127. The second-order valence-corrected chi connectivity index (χ2v) is 7.56. The van der Waals surface area contributed by atoms with Gasteiger partial charge in [-0.05, 0) is 50.8 Å². The Balaban J connectivity index is 0.00000420. The summed E-state index contributed by atoms with van der Waals surface area (Å²) in [4.78, 5) is 6.89. The molecule has 2 rings (SSSR count). The topological polar surface area (TPSA) is 58.1 Å². The van der Waals surface area contributed by atoms with Gasteiger partial charge in [-0.3, -0.25) is 4.99 Å². The van der Waals surface area contributed by atoms with E-state index in [2.05, 4.69) is 52.6 Å². The normalized spacial score (nSPS) is 17.5. The van der Waals surface area contributed by atoms with Crippen molar-refractivity contribution in [1.29, 1.82) is 0 Å². The Bertz CT molecular complexity index is 612. The number of guanidine groups is 1. The molecule has 1 aromatic rings. The van der Waals surface area contributed by atoms with Crippen molar-refractivity contribution < 1.29 is 9.47 Å². The van der Waals surface area contributed by atoms with Gasteiger partial charge in [0, 0.05) is 45.4 Å². The Morgan fingerprint density at radius 1 is 1.28 bits per heavy atom. The minimum absolute atomic E-state index is 0. The number of likely N-dealkylation sites (tertiary alicyclic amines) is 1. The first kappa shape index (κ1) is 26.0.